The summed E-state index contributed by atoms with van der Waals surface area (Å²) >= 11 is 1.52. The van der Waals surface area contributed by atoms with Crippen molar-refractivity contribution in [3.05, 3.63) is 26.6 Å². The highest BCUT2D eigenvalue weighted by molar-refractivity contribution is 7.18. The molecule has 2 aromatic heterocycles. The van der Waals surface area contributed by atoms with E-state index in [9.17, 15) is 15.0 Å². The van der Waals surface area contributed by atoms with Crippen LogP contribution < -0.4 is 5.56 Å². The second-order valence-electron chi connectivity index (χ2n) is 5.30. The van der Waals surface area contributed by atoms with Crippen LogP contribution in [0.4, 0.5) is 0 Å². The monoisotopic (exact) mass is 295 g/mol. The summed E-state index contributed by atoms with van der Waals surface area (Å²) in [7, 11) is 0. The number of fused-ring (bicyclic) bond motifs is 1. The van der Waals surface area contributed by atoms with Crippen LogP contribution in [-0.4, -0.2) is 50.4 Å². The molecule has 1 aliphatic rings. The van der Waals surface area contributed by atoms with Crippen molar-refractivity contribution in [2.24, 2.45) is 0 Å². The van der Waals surface area contributed by atoms with Gasteiger partial charge in [-0.25, -0.2) is 4.98 Å². The van der Waals surface area contributed by atoms with E-state index in [1.54, 1.807) is 0 Å². The van der Waals surface area contributed by atoms with Gasteiger partial charge >= 0.3 is 0 Å². The molecule has 1 fully saturated rings. The minimum absolute atomic E-state index is 0.118. The first-order valence-electron chi connectivity index (χ1n) is 6.53. The largest absolute Gasteiger partial charge is 0.389 e. The zero-order chi connectivity index (χ0) is 14.4. The number of aliphatic hydroxyl groups is 2. The number of aliphatic hydroxyl groups excluding tert-OH is 2. The molecule has 0 bridgehead atoms. The highest BCUT2D eigenvalue weighted by Gasteiger charge is 2.29. The maximum absolute atomic E-state index is 12.1. The number of aryl methyl sites for hydroxylation is 2. The predicted molar refractivity (Wildman–Crippen MR) is 77.0 cm³/mol. The van der Waals surface area contributed by atoms with E-state index >= 15 is 0 Å². The van der Waals surface area contributed by atoms with Gasteiger partial charge in [0.25, 0.3) is 5.56 Å². The van der Waals surface area contributed by atoms with Crippen molar-refractivity contribution in [2.45, 2.75) is 32.6 Å². The van der Waals surface area contributed by atoms with Crippen molar-refractivity contribution in [2.75, 3.05) is 13.1 Å². The molecule has 1 saturated heterocycles. The smallest absolute Gasteiger partial charge is 0.259 e. The van der Waals surface area contributed by atoms with Crippen molar-refractivity contribution in [1.82, 2.24) is 14.9 Å². The molecule has 2 unspecified atom stereocenters. The van der Waals surface area contributed by atoms with Crippen LogP contribution in [-0.2, 0) is 6.54 Å². The summed E-state index contributed by atoms with van der Waals surface area (Å²) in [6.07, 6.45) is -1.45. The fraction of sp³-hybridized carbons (Fsp3) is 0.538. The summed E-state index contributed by atoms with van der Waals surface area (Å²) in [5, 5.41) is 19.7. The number of β-amino-alcohol motifs (C(OH)–C–C–N with tert-alkyl or cyclic N) is 2. The lowest BCUT2D eigenvalue weighted by Crippen LogP contribution is -2.24. The third kappa shape index (κ3) is 2.26. The lowest BCUT2D eigenvalue weighted by Gasteiger charge is -2.13. The van der Waals surface area contributed by atoms with Gasteiger partial charge in [-0.2, -0.15) is 0 Å². The number of rotatable bonds is 2. The van der Waals surface area contributed by atoms with E-state index in [0.29, 0.717) is 30.8 Å². The Labute approximate surface area is 119 Å². The summed E-state index contributed by atoms with van der Waals surface area (Å²) in [6.45, 7) is 5.12. The number of thiophene rings is 1. The molecule has 0 aromatic carbocycles. The van der Waals surface area contributed by atoms with Crippen LogP contribution in [0, 0.1) is 13.8 Å². The van der Waals surface area contributed by atoms with Crippen LogP contribution in [0.1, 0.15) is 16.3 Å². The minimum atomic E-state index is -0.725. The lowest BCUT2D eigenvalue weighted by atomic mass is 10.2. The number of hydrogen-bond acceptors (Lipinski definition) is 6. The van der Waals surface area contributed by atoms with Crippen LogP contribution in [0.25, 0.3) is 10.2 Å². The number of aromatic amines is 1. The van der Waals surface area contributed by atoms with Gasteiger partial charge in [0.2, 0.25) is 0 Å². The molecule has 7 heteroatoms. The summed E-state index contributed by atoms with van der Waals surface area (Å²) in [5.41, 5.74) is 0.865. The first-order chi connectivity index (χ1) is 9.45. The van der Waals surface area contributed by atoms with E-state index in [1.165, 1.54) is 11.3 Å². The molecule has 6 nitrogen and oxygen atoms in total. The van der Waals surface area contributed by atoms with Crippen molar-refractivity contribution in [3.63, 3.8) is 0 Å². The van der Waals surface area contributed by atoms with E-state index in [4.69, 9.17) is 0 Å². The summed E-state index contributed by atoms with van der Waals surface area (Å²) in [4.78, 5) is 23.1. The molecule has 2 aromatic rings. The van der Waals surface area contributed by atoms with E-state index in [2.05, 4.69) is 9.97 Å². The van der Waals surface area contributed by atoms with E-state index in [1.807, 2.05) is 18.7 Å². The molecule has 3 rings (SSSR count). The SMILES string of the molecule is Cc1sc2nc(CN3CC(O)C(O)C3)[nH]c(=O)c2c1C. The van der Waals surface area contributed by atoms with Gasteiger partial charge in [-0.05, 0) is 19.4 Å². The lowest BCUT2D eigenvalue weighted by molar-refractivity contribution is 0.0572. The Morgan fingerprint density at radius 2 is 2.00 bits per heavy atom. The van der Waals surface area contributed by atoms with Gasteiger partial charge in [0.1, 0.15) is 10.7 Å². The standard InChI is InChI=1S/C13H17N3O3S/c1-6-7(2)20-13-11(6)12(19)14-10(15-13)5-16-3-8(17)9(18)4-16/h8-9,17-18H,3-5H2,1-2H3,(H,14,15,19). The van der Waals surface area contributed by atoms with Crippen molar-refractivity contribution < 1.29 is 10.2 Å². The number of likely N-dealkylation sites (tertiary alicyclic amines) is 1. The van der Waals surface area contributed by atoms with Crippen molar-refractivity contribution in [3.8, 4) is 0 Å². The summed E-state index contributed by atoms with van der Waals surface area (Å²) < 4.78 is 0. The van der Waals surface area contributed by atoms with Gasteiger partial charge < -0.3 is 15.2 Å². The molecule has 0 saturated carbocycles. The Morgan fingerprint density at radius 1 is 1.35 bits per heavy atom. The van der Waals surface area contributed by atoms with Gasteiger partial charge in [-0.15, -0.1) is 11.3 Å². The van der Waals surface area contributed by atoms with Gasteiger partial charge in [0.15, 0.2) is 0 Å². The molecule has 20 heavy (non-hydrogen) atoms. The average molecular weight is 295 g/mol. The molecular formula is C13H17N3O3S. The first-order valence-corrected chi connectivity index (χ1v) is 7.34. The van der Waals surface area contributed by atoms with Crippen LogP contribution in [0.15, 0.2) is 4.79 Å². The number of nitrogens with one attached hydrogen (secondary N) is 1. The van der Waals surface area contributed by atoms with Crippen molar-refractivity contribution in [1.29, 1.82) is 0 Å². The number of hydrogen-bond donors (Lipinski definition) is 3. The topological polar surface area (TPSA) is 89.4 Å². The molecule has 0 radical (unpaired) electrons. The van der Waals surface area contributed by atoms with Crippen molar-refractivity contribution >= 4 is 21.6 Å². The normalized spacial score (nSPS) is 23.8. The molecule has 3 heterocycles. The summed E-state index contributed by atoms with van der Waals surface area (Å²) in [6, 6.07) is 0. The highest BCUT2D eigenvalue weighted by atomic mass is 32.1. The van der Waals surface area contributed by atoms with Crippen LogP contribution in [0.3, 0.4) is 0 Å². The zero-order valence-corrected chi connectivity index (χ0v) is 12.2. The van der Waals surface area contributed by atoms with Crippen LogP contribution in [0.2, 0.25) is 0 Å². The predicted octanol–water partition coefficient (Wildman–Crippen LogP) is 0.139. The molecule has 108 valence electrons. The Kier molecular flexibility index (Phi) is 3.37. The number of nitrogens with zero attached hydrogens (tertiary/aromatic N) is 2. The fourth-order valence-electron chi connectivity index (χ4n) is 2.56. The molecule has 0 amide bonds. The maximum Gasteiger partial charge on any atom is 0.259 e. The molecule has 3 N–H and O–H groups in total. The van der Waals surface area contributed by atoms with Gasteiger partial charge in [-0.3, -0.25) is 9.69 Å². The maximum atomic E-state index is 12.1. The molecule has 0 aliphatic carbocycles. The number of H-pyrrole nitrogens is 1. The minimum Gasteiger partial charge on any atom is -0.389 e. The van der Waals surface area contributed by atoms with E-state index in [0.717, 1.165) is 15.3 Å². The van der Waals surface area contributed by atoms with Gasteiger partial charge in [0.05, 0.1) is 24.1 Å². The van der Waals surface area contributed by atoms with Crippen LogP contribution >= 0.6 is 11.3 Å². The van der Waals surface area contributed by atoms with E-state index in [-0.39, 0.29) is 5.56 Å². The third-order valence-corrected chi connectivity index (χ3v) is 4.90. The molecular weight excluding hydrogens is 278 g/mol. The van der Waals surface area contributed by atoms with Gasteiger partial charge in [-0.1, -0.05) is 0 Å². The quantitative estimate of drug-likeness (QED) is 0.733. The zero-order valence-electron chi connectivity index (χ0n) is 11.4. The van der Waals surface area contributed by atoms with Crippen LogP contribution in [0.5, 0.6) is 0 Å². The average Bonchev–Trinajstić information content (AvgIpc) is 2.81. The Bertz CT molecular complexity index is 699. The Balaban J connectivity index is 1.92. The summed E-state index contributed by atoms with van der Waals surface area (Å²) in [5.74, 6) is 0.574. The second-order valence-corrected chi connectivity index (χ2v) is 6.51. The van der Waals surface area contributed by atoms with E-state index < -0.39 is 12.2 Å². The van der Waals surface area contributed by atoms with Gasteiger partial charge in [0, 0.05) is 18.0 Å². The number of aromatic nitrogens is 2. The molecule has 1 aliphatic heterocycles. The second kappa shape index (κ2) is 4.92. The Hall–Kier alpha value is -1.28. The highest BCUT2D eigenvalue weighted by Crippen LogP contribution is 2.25. The Morgan fingerprint density at radius 3 is 2.65 bits per heavy atom. The molecule has 2 atom stereocenters. The fourth-order valence-corrected chi connectivity index (χ4v) is 3.61. The first kappa shape index (κ1) is 13.7. The molecule has 0 spiro atoms. The third-order valence-electron chi connectivity index (χ3n) is 3.80.